The molecule has 1 aromatic rings. The van der Waals surface area contributed by atoms with E-state index in [4.69, 9.17) is 4.74 Å². The molecule has 8 nitrogen and oxygen atoms in total. The number of rotatable bonds is 3. The number of hydrogen-bond donors (Lipinski definition) is 2. The number of hydrogen-bond acceptors (Lipinski definition) is 4. The predicted octanol–water partition coefficient (Wildman–Crippen LogP) is 0.894. The van der Waals surface area contributed by atoms with Gasteiger partial charge in [-0.1, -0.05) is 12.1 Å². The molecule has 0 spiro atoms. The normalized spacial score (nSPS) is 14.4. The van der Waals surface area contributed by atoms with E-state index in [0.717, 1.165) is 5.56 Å². The zero-order chi connectivity index (χ0) is 20.0. The van der Waals surface area contributed by atoms with E-state index in [1.54, 1.807) is 29.5 Å². The summed E-state index contributed by atoms with van der Waals surface area (Å²) in [6.07, 6.45) is -5.09. The number of benzene rings is 1. The Morgan fingerprint density at radius 3 is 2.26 bits per heavy atom. The standard InChI is InChI=1S/C16H19F3N4O4/c1-22(15(26)23-6-8-27-9-7-23)10-11-2-4-12(5-3-11)13(24)20-21-14(25)16(17,18)19/h2-5H,6-10H2,1H3,(H,20,24)(H,21,25). The van der Waals surface area contributed by atoms with Gasteiger partial charge in [0.1, 0.15) is 0 Å². The first-order chi connectivity index (χ1) is 12.7. The van der Waals surface area contributed by atoms with Crippen LogP contribution in [0.15, 0.2) is 24.3 Å². The number of urea groups is 1. The number of carbonyl (C=O) groups is 3. The zero-order valence-corrected chi connectivity index (χ0v) is 14.5. The number of carbonyl (C=O) groups excluding carboxylic acids is 3. The van der Waals surface area contributed by atoms with Gasteiger partial charge >= 0.3 is 18.1 Å². The molecule has 0 radical (unpaired) electrons. The van der Waals surface area contributed by atoms with Crippen molar-refractivity contribution in [3.05, 3.63) is 35.4 Å². The molecular weight excluding hydrogens is 369 g/mol. The van der Waals surface area contributed by atoms with Crippen molar-refractivity contribution in [3.63, 3.8) is 0 Å². The third-order valence-electron chi connectivity index (χ3n) is 3.79. The van der Waals surface area contributed by atoms with E-state index in [1.165, 1.54) is 22.5 Å². The third-order valence-corrected chi connectivity index (χ3v) is 3.79. The lowest BCUT2D eigenvalue weighted by molar-refractivity contribution is -0.174. The quantitative estimate of drug-likeness (QED) is 0.753. The Balaban J connectivity index is 1.87. The van der Waals surface area contributed by atoms with E-state index in [2.05, 4.69) is 0 Å². The maximum atomic E-state index is 12.3. The number of amides is 4. The summed E-state index contributed by atoms with van der Waals surface area (Å²) in [6.45, 7) is 2.32. The van der Waals surface area contributed by atoms with Crippen molar-refractivity contribution in [2.75, 3.05) is 33.4 Å². The van der Waals surface area contributed by atoms with Crippen LogP contribution in [0.2, 0.25) is 0 Å². The van der Waals surface area contributed by atoms with Crippen LogP contribution in [-0.4, -0.2) is 67.2 Å². The van der Waals surface area contributed by atoms with Crippen LogP contribution in [0.5, 0.6) is 0 Å². The minimum absolute atomic E-state index is 0.0587. The third kappa shape index (κ3) is 5.84. The molecule has 1 aliphatic rings. The van der Waals surface area contributed by atoms with Gasteiger partial charge in [0.05, 0.1) is 13.2 Å². The fraction of sp³-hybridized carbons (Fsp3) is 0.438. The lowest BCUT2D eigenvalue weighted by atomic mass is 10.1. The molecule has 4 amide bonds. The van der Waals surface area contributed by atoms with E-state index in [0.29, 0.717) is 32.8 Å². The molecule has 0 unspecified atom stereocenters. The maximum absolute atomic E-state index is 12.3. The van der Waals surface area contributed by atoms with Crippen molar-refractivity contribution in [1.29, 1.82) is 0 Å². The van der Waals surface area contributed by atoms with Crippen molar-refractivity contribution >= 4 is 17.8 Å². The Kier molecular flexibility index (Phi) is 6.61. The largest absolute Gasteiger partial charge is 0.472 e. The molecule has 0 atom stereocenters. The number of hydrazine groups is 1. The monoisotopic (exact) mass is 388 g/mol. The second kappa shape index (κ2) is 8.71. The second-order valence-electron chi connectivity index (χ2n) is 5.84. The van der Waals surface area contributed by atoms with Crippen molar-refractivity contribution in [3.8, 4) is 0 Å². The van der Waals surface area contributed by atoms with Gasteiger partial charge in [-0.3, -0.25) is 20.4 Å². The van der Waals surface area contributed by atoms with E-state index in [1.807, 2.05) is 0 Å². The molecule has 0 aliphatic carbocycles. The summed E-state index contributed by atoms with van der Waals surface area (Å²) in [5.74, 6) is -3.16. The highest BCUT2D eigenvalue weighted by atomic mass is 19.4. The highest BCUT2D eigenvalue weighted by Gasteiger charge is 2.39. The van der Waals surface area contributed by atoms with E-state index in [9.17, 15) is 27.6 Å². The Hall–Kier alpha value is -2.82. The first-order valence-corrected chi connectivity index (χ1v) is 8.02. The van der Waals surface area contributed by atoms with Crippen molar-refractivity contribution < 1.29 is 32.3 Å². The summed E-state index contributed by atoms with van der Waals surface area (Å²) in [6, 6.07) is 5.78. The molecule has 148 valence electrons. The molecule has 1 saturated heterocycles. The maximum Gasteiger partial charge on any atom is 0.472 e. The fourth-order valence-electron chi connectivity index (χ4n) is 2.36. The van der Waals surface area contributed by atoms with Crippen LogP contribution in [0.25, 0.3) is 0 Å². The van der Waals surface area contributed by atoms with Crippen LogP contribution in [0.1, 0.15) is 15.9 Å². The fourth-order valence-corrected chi connectivity index (χ4v) is 2.36. The van der Waals surface area contributed by atoms with E-state index >= 15 is 0 Å². The molecule has 1 aromatic carbocycles. The molecule has 0 aromatic heterocycles. The first-order valence-electron chi connectivity index (χ1n) is 8.02. The van der Waals surface area contributed by atoms with Gasteiger partial charge in [0.15, 0.2) is 0 Å². The van der Waals surface area contributed by atoms with Gasteiger partial charge in [-0.25, -0.2) is 4.79 Å². The Labute approximate surface area is 153 Å². The number of halogens is 3. The number of morpholine rings is 1. The Morgan fingerprint density at radius 1 is 1.11 bits per heavy atom. The van der Waals surface area contributed by atoms with Gasteiger partial charge in [-0.2, -0.15) is 13.2 Å². The van der Waals surface area contributed by atoms with Gasteiger partial charge < -0.3 is 14.5 Å². The predicted molar refractivity (Wildman–Crippen MR) is 87.4 cm³/mol. The number of alkyl halides is 3. The van der Waals surface area contributed by atoms with Gasteiger partial charge in [0, 0.05) is 32.2 Å². The summed E-state index contributed by atoms with van der Waals surface area (Å²) in [4.78, 5) is 37.9. The van der Waals surface area contributed by atoms with Gasteiger partial charge in [-0.15, -0.1) is 0 Å². The van der Waals surface area contributed by atoms with Crippen molar-refractivity contribution in [1.82, 2.24) is 20.7 Å². The summed E-state index contributed by atoms with van der Waals surface area (Å²) in [5.41, 5.74) is 3.76. The summed E-state index contributed by atoms with van der Waals surface area (Å²) >= 11 is 0. The molecule has 1 aliphatic heterocycles. The van der Waals surface area contributed by atoms with E-state index < -0.39 is 18.0 Å². The minimum atomic E-state index is -5.09. The molecule has 27 heavy (non-hydrogen) atoms. The number of nitrogens with one attached hydrogen (secondary N) is 2. The van der Waals surface area contributed by atoms with Crippen LogP contribution >= 0.6 is 0 Å². The smallest absolute Gasteiger partial charge is 0.378 e. The number of ether oxygens (including phenoxy) is 1. The van der Waals surface area contributed by atoms with E-state index in [-0.39, 0.29) is 11.6 Å². The summed E-state index contributed by atoms with van der Waals surface area (Å²) in [5, 5.41) is 0. The molecule has 2 N–H and O–H groups in total. The molecule has 2 rings (SSSR count). The summed E-state index contributed by atoms with van der Waals surface area (Å²) < 4.78 is 41.4. The molecular formula is C16H19F3N4O4. The molecule has 11 heteroatoms. The molecule has 0 bridgehead atoms. The van der Waals surface area contributed by atoms with Crippen molar-refractivity contribution in [2.24, 2.45) is 0 Å². The Bertz CT molecular complexity index is 688. The lowest BCUT2D eigenvalue weighted by Gasteiger charge is -2.31. The molecule has 1 heterocycles. The average Bonchev–Trinajstić information content (AvgIpc) is 2.65. The lowest BCUT2D eigenvalue weighted by Crippen LogP contribution is -2.47. The SMILES string of the molecule is CN(Cc1ccc(C(=O)NNC(=O)C(F)(F)F)cc1)C(=O)N1CCOCC1. The van der Waals surface area contributed by atoms with Gasteiger partial charge in [0.2, 0.25) is 0 Å². The first kappa shape index (κ1) is 20.5. The topological polar surface area (TPSA) is 91.0 Å². The van der Waals surface area contributed by atoms with Crippen LogP contribution in [0.4, 0.5) is 18.0 Å². The van der Waals surface area contributed by atoms with Crippen molar-refractivity contribution in [2.45, 2.75) is 12.7 Å². The van der Waals surface area contributed by atoms with Crippen LogP contribution in [-0.2, 0) is 16.1 Å². The second-order valence-corrected chi connectivity index (χ2v) is 5.84. The zero-order valence-electron chi connectivity index (χ0n) is 14.5. The molecule has 0 saturated carbocycles. The number of nitrogens with zero attached hydrogens (tertiary/aromatic N) is 2. The highest BCUT2D eigenvalue weighted by molar-refractivity contribution is 5.95. The van der Waals surface area contributed by atoms with Crippen LogP contribution in [0.3, 0.4) is 0 Å². The molecule has 1 fully saturated rings. The van der Waals surface area contributed by atoms with Gasteiger partial charge in [0.25, 0.3) is 5.91 Å². The summed E-state index contributed by atoms with van der Waals surface area (Å²) in [7, 11) is 1.64. The van der Waals surface area contributed by atoms with Crippen LogP contribution < -0.4 is 10.9 Å². The average molecular weight is 388 g/mol. The minimum Gasteiger partial charge on any atom is -0.378 e. The Morgan fingerprint density at radius 2 is 1.70 bits per heavy atom. The van der Waals surface area contributed by atoms with Crippen LogP contribution in [0, 0.1) is 0 Å². The van der Waals surface area contributed by atoms with Gasteiger partial charge in [-0.05, 0) is 17.7 Å². The highest BCUT2D eigenvalue weighted by Crippen LogP contribution is 2.13.